The van der Waals surface area contributed by atoms with Gasteiger partial charge in [-0.1, -0.05) is 6.07 Å². The van der Waals surface area contributed by atoms with Crippen LogP contribution in [-0.2, 0) is 16.6 Å². The second-order valence-corrected chi connectivity index (χ2v) is 14.4. The van der Waals surface area contributed by atoms with Crippen LogP contribution < -0.4 is 24.8 Å². The molecule has 14 heteroatoms. The predicted molar refractivity (Wildman–Crippen MR) is 185 cm³/mol. The fourth-order valence-corrected chi connectivity index (χ4v) is 8.28. The highest BCUT2D eigenvalue weighted by molar-refractivity contribution is 7.92. The maximum atomic E-state index is 13.8. The molecule has 0 radical (unpaired) electrons. The number of nitrogens with zero attached hydrogens (tertiary/aromatic N) is 5. The lowest BCUT2D eigenvalue weighted by Crippen LogP contribution is -2.49. The number of hydrogen-bond donors (Lipinski definition) is 1. The fraction of sp³-hybridized carbons (Fsp3) is 0.314. The van der Waals surface area contributed by atoms with Gasteiger partial charge in [0.25, 0.3) is 27.2 Å². The highest BCUT2D eigenvalue weighted by Gasteiger charge is 2.36. The average Bonchev–Trinajstić information content (AvgIpc) is 3.11. The van der Waals surface area contributed by atoms with E-state index in [1.807, 2.05) is 16.7 Å². The normalized spacial score (nSPS) is 18.8. The third-order valence-corrected chi connectivity index (χ3v) is 11.1. The quantitative estimate of drug-likeness (QED) is 0.214. The largest absolute Gasteiger partial charge is 0.497 e. The summed E-state index contributed by atoms with van der Waals surface area (Å²) < 4.78 is 37.2. The summed E-state index contributed by atoms with van der Waals surface area (Å²) in [4.78, 5) is 43.1. The second kappa shape index (κ2) is 12.9. The lowest BCUT2D eigenvalue weighted by Gasteiger charge is -2.44. The molecule has 49 heavy (non-hydrogen) atoms. The van der Waals surface area contributed by atoms with Gasteiger partial charge in [-0.05, 0) is 73.0 Å². The lowest BCUT2D eigenvalue weighted by atomic mass is 9.83. The molecule has 2 bridgehead atoms. The van der Waals surface area contributed by atoms with E-state index in [1.165, 1.54) is 31.4 Å². The van der Waals surface area contributed by atoms with Crippen molar-refractivity contribution in [3.8, 4) is 5.75 Å². The van der Waals surface area contributed by atoms with Crippen molar-refractivity contribution in [2.45, 2.75) is 23.8 Å². The van der Waals surface area contributed by atoms with Crippen LogP contribution in [0.1, 0.15) is 28.4 Å². The minimum absolute atomic E-state index is 0.00923. The Morgan fingerprint density at radius 2 is 1.63 bits per heavy atom. The Kier molecular flexibility index (Phi) is 8.49. The summed E-state index contributed by atoms with van der Waals surface area (Å²) in [5, 5.41) is 11.0. The molecule has 1 N–H and O–H groups in total. The van der Waals surface area contributed by atoms with Crippen molar-refractivity contribution in [2.75, 3.05) is 60.9 Å². The molecule has 1 amide bonds. The van der Waals surface area contributed by atoms with Gasteiger partial charge in [0.1, 0.15) is 5.75 Å². The molecular formula is C35H36N6O7S. The maximum Gasteiger partial charge on any atom is 0.269 e. The number of pyridine rings is 1. The number of ether oxygens (including phenoxy) is 1. The van der Waals surface area contributed by atoms with E-state index in [2.05, 4.69) is 14.5 Å². The molecule has 2 unspecified atom stereocenters. The van der Waals surface area contributed by atoms with Gasteiger partial charge >= 0.3 is 0 Å². The standard InChI is InChI=1S/C35H36N6O7S/c1-48-29-10-12-30(13-11-29)49(46,47)36-31-20-25(35(43)38-17-15-37(16-18-38)27-6-8-28(9-7-27)41(44)45)5-14-33(31)39-21-24-19-26(23-39)32-3-2-4-34(42)40(32)22-24/h2-14,20,24,26,36H,15-19,21-23H2,1H3. The molecule has 2 saturated heterocycles. The van der Waals surface area contributed by atoms with E-state index in [4.69, 9.17) is 4.74 Å². The van der Waals surface area contributed by atoms with Crippen LogP contribution in [0.3, 0.4) is 0 Å². The summed E-state index contributed by atoms with van der Waals surface area (Å²) in [6.45, 7) is 3.76. The van der Waals surface area contributed by atoms with Crippen LogP contribution in [0.2, 0.25) is 0 Å². The number of nitrogens with one attached hydrogen (secondary N) is 1. The van der Waals surface area contributed by atoms with Crippen LogP contribution in [0.5, 0.6) is 5.75 Å². The van der Waals surface area contributed by atoms with E-state index in [-0.39, 0.29) is 33.9 Å². The number of anilines is 3. The number of piperidine rings is 1. The molecule has 3 aliphatic rings. The molecule has 4 heterocycles. The number of benzene rings is 3. The number of carbonyl (C=O) groups excluding carboxylic acids is 1. The van der Waals surface area contributed by atoms with Crippen molar-refractivity contribution < 1.29 is 22.9 Å². The number of piperazine rings is 1. The second-order valence-electron chi connectivity index (χ2n) is 12.7. The Hall–Kier alpha value is -5.37. The van der Waals surface area contributed by atoms with E-state index in [0.717, 1.165) is 17.8 Å². The number of fused-ring (bicyclic) bond motifs is 4. The zero-order chi connectivity index (χ0) is 34.3. The SMILES string of the molecule is COc1ccc(S(=O)(=O)Nc2cc(C(=O)N3CCN(c4ccc([N+](=O)[O-])cc4)CC3)ccc2N2CC3CC(C2)c2cccc(=O)n2C3)cc1. The maximum absolute atomic E-state index is 13.8. The Morgan fingerprint density at radius 1 is 0.898 bits per heavy atom. The van der Waals surface area contributed by atoms with Crippen molar-refractivity contribution in [1.82, 2.24) is 9.47 Å². The van der Waals surface area contributed by atoms with E-state index < -0.39 is 14.9 Å². The van der Waals surface area contributed by atoms with E-state index in [1.54, 1.807) is 53.4 Å². The first kappa shape index (κ1) is 32.2. The number of aromatic nitrogens is 1. The first-order chi connectivity index (χ1) is 23.6. The van der Waals surface area contributed by atoms with Crippen LogP contribution in [-0.4, -0.2) is 75.1 Å². The molecule has 4 aromatic rings. The van der Waals surface area contributed by atoms with Gasteiger partial charge in [0.2, 0.25) is 0 Å². The number of hydrogen-bond acceptors (Lipinski definition) is 9. The molecule has 2 fully saturated rings. The number of non-ortho nitro benzene ring substituents is 1. The number of rotatable bonds is 8. The zero-order valence-electron chi connectivity index (χ0n) is 26.9. The molecule has 3 aromatic carbocycles. The molecule has 0 saturated carbocycles. The van der Waals surface area contributed by atoms with Gasteiger partial charge in [-0.15, -0.1) is 0 Å². The van der Waals surface area contributed by atoms with Crippen molar-refractivity contribution in [3.05, 3.63) is 117 Å². The Balaban J connectivity index is 1.15. The number of nitro groups is 1. The zero-order valence-corrected chi connectivity index (χ0v) is 27.7. The average molecular weight is 685 g/mol. The number of nitro benzene ring substituents is 1. The summed E-state index contributed by atoms with van der Waals surface area (Å²) in [6, 6.07) is 23.0. The first-order valence-corrected chi connectivity index (χ1v) is 17.6. The third kappa shape index (κ3) is 6.43. The Bertz CT molecular complexity index is 2060. The van der Waals surface area contributed by atoms with Crippen LogP contribution in [0.25, 0.3) is 0 Å². The molecule has 254 valence electrons. The Morgan fingerprint density at radius 3 is 2.33 bits per heavy atom. The van der Waals surface area contributed by atoms with Crippen LogP contribution in [0, 0.1) is 16.0 Å². The lowest BCUT2D eigenvalue weighted by molar-refractivity contribution is -0.384. The van der Waals surface area contributed by atoms with Gasteiger partial charge in [-0.25, -0.2) is 8.42 Å². The van der Waals surface area contributed by atoms with Crippen LogP contribution >= 0.6 is 0 Å². The van der Waals surface area contributed by atoms with Crippen LogP contribution in [0.4, 0.5) is 22.7 Å². The van der Waals surface area contributed by atoms with E-state index in [0.29, 0.717) is 68.5 Å². The van der Waals surface area contributed by atoms with Crippen molar-refractivity contribution >= 4 is 38.7 Å². The topological polar surface area (TPSA) is 147 Å². The van der Waals surface area contributed by atoms with E-state index in [9.17, 15) is 28.1 Å². The molecule has 0 aliphatic carbocycles. The minimum Gasteiger partial charge on any atom is -0.497 e. The number of methoxy groups -OCH3 is 1. The van der Waals surface area contributed by atoms with Crippen LogP contribution in [0.15, 0.2) is 94.6 Å². The van der Waals surface area contributed by atoms with Crippen molar-refractivity contribution in [3.63, 3.8) is 0 Å². The highest BCUT2D eigenvalue weighted by atomic mass is 32.2. The van der Waals surface area contributed by atoms with E-state index >= 15 is 0 Å². The molecule has 7 rings (SSSR count). The smallest absolute Gasteiger partial charge is 0.269 e. The van der Waals surface area contributed by atoms with Gasteiger partial charge in [0.05, 0.1) is 28.3 Å². The molecule has 13 nitrogen and oxygen atoms in total. The first-order valence-electron chi connectivity index (χ1n) is 16.1. The monoisotopic (exact) mass is 684 g/mol. The molecule has 1 aromatic heterocycles. The van der Waals surface area contributed by atoms with Gasteiger partial charge in [0, 0.05) is 86.9 Å². The van der Waals surface area contributed by atoms with Gasteiger partial charge in [-0.3, -0.25) is 24.4 Å². The van der Waals surface area contributed by atoms with Gasteiger partial charge in [0.15, 0.2) is 0 Å². The summed E-state index contributed by atoms with van der Waals surface area (Å²) in [5.74, 6) is 0.607. The number of sulfonamides is 1. The van der Waals surface area contributed by atoms with Crippen molar-refractivity contribution in [1.29, 1.82) is 0 Å². The van der Waals surface area contributed by atoms with Gasteiger partial charge in [-0.2, -0.15) is 0 Å². The summed E-state index contributed by atoms with van der Waals surface area (Å²) in [5.41, 5.74) is 3.16. The van der Waals surface area contributed by atoms with Crippen molar-refractivity contribution in [2.24, 2.45) is 5.92 Å². The molecule has 0 spiro atoms. The predicted octanol–water partition coefficient (Wildman–Crippen LogP) is 4.15. The fourth-order valence-electron chi connectivity index (χ4n) is 7.21. The summed E-state index contributed by atoms with van der Waals surface area (Å²) >= 11 is 0. The molecule has 3 aliphatic heterocycles. The molecular weight excluding hydrogens is 648 g/mol. The van der Waals surface area contributed by atoms with Gasteiger partial charge < -0.3 is 24.0 Å². The Labute approximate surface area is 283 Å². The number of amides is 1. The summed E-state index contributed by atoms with van der Waals surface area (Å²) in [6.07, 6.45) is 0.940. The molecule has 2 atom stereocenters. The number of carbonyl (C=O) groups is 1. The third-order valence-electron chi connectivity index (χ3n) is 9.67. The minimum atomic E-state index is -4.04. The summed E-state index contributed by atoms with van der Waals surface area (Å²) in [7, 11) is -2.53. The highest BCUT2D eigenvalue weighted by Crippen LogP contribution is 2.40.